The van der Waals surface area contributed by atoms with Gasteiger partial charge in [0.1, 0.15) is 5.69 Å². The zero-order valence-electron chi connectivity index (χ0n) is 12.1. The first-order valence-corrected chi connectivity index (χ1v) is 7.28. The summed E-state index contributed by atoms with van der Waals surface area (Å²) in [6, 6.07) is 1.88. The standard InChI is InChI=1S/C15H19N5O/c1-11(21)20-6-3-12(4-7-20)8-13-9-17-15(10-16-13)14-2-5-18-19-14/h2,5,9-10,12H,3-4,6-8H2,1H3,(H,18,19). The molecule has 0 radical (unpaired) electrons. The molecule has 1 amide bonds. The van der Waals surface area contributed by atoms with Gasteiger partial charge >= 0.3 is 0 Å². The molecule has 1 aliphatic heterocycles. The maximum Gasteiger partial charge on any atom is 0.219 e. The van der Waals surface area contributed by atoms with Crippen LogP contribution in [0.4, 0.5) is 0 Å². The fourth-order valence-corrected chi connectivity index (χ4v) is 2.75. The Kier molecular flexibility index (Phi) is 3.94. The van der Waals surface area contributed by atoms with Crippen LogP contribution in [0.3, 0.4) is 0 Å². The average molecular weight is 285 g/mol. The van der Waals surface area contributed by atoms with Gasteiger partial charge in [-0.05, 0) is 31.2 Å². The molecule has 110 valence electrons. The number of likely N-dealkylation sites (tertiary alicyclic amines) is 1. The fraction of sp³-hybridized carbons (Fsp3) is 0.467. The van der Waals surface area contributed by atoms with E-state index in [9.17, 15) is 4.79 Å². The van der Waals surface area contributed by atoms with Crippen LogP contribution in [-0.2, 0) is 11.2 Å². The average Bonchev–Trinajstić information content (AvgIpc) is 3.03. The predicted molar refractivity (Wildman–Crippen MR) is 78.3 cm³/mol. The van der Waals surface area contributed by atoms with E-state index in [2.05, 4.69) is 20.2 Å². The Balaban J connectivity index is 1.58. The van der Waals surface area contributed by atoms with Crippen LogP contribution in [-0.4, -0.2) is 44.1 Å². The van der Waals surface area contributed by atoms with Crippen molar-refractivity contribution >= 4 is 5.91 Å². The SMILES string of the molecule is CC(=O)N1CCC(Cc2cnc(-c3ccn[nH]3)cn2)CC1. The summed E-state index contributed by atoms with van der Waals surface area (Å²) in [5.41, 5.74) is 2.70. The van der Waals surface area contributed by atoms with Crippen LogP contribution in [0.2, 0.25) is 0 Å². The number of rotatable bonds is 3. The van der Waals surface area contributed by atoms with E-state index in [0.717, 1.165) is 49.4 Å². The highest BCUT2D eigenvalue weighted by Crippen LogP contribution is 2.21. The quantitative estimate of drug-likeness (QED) is 0.930. The smallest absolute Gasteiger partial charge is 0.219 e. The molecule has 3 rings (SSSR count). The predicted octanol–water partition coefficient (Wildman–Crippen LogP) is 1.67. The first-order chi connectivity index (χ1) is 10.2. The lowest BCUT2D eigenvalue weighted by atomic mass is 9.92. The van der Waals surface area contributed by atoms with Crippen molar-refractivity contribution in [2.24, 2.45) is 5.92 Å². The Morgan fingerprint density at radius 1 is 1.33 bits per heavy atom. The van der Waals surface area contributed by atoms with Gasteiger partial charge in [-0.2, -0.15) is 5.10 Å². The highest BCUT2D eigenvalue weighted by Gasteiger charge is 2.21. The largest absolute Gasteiger partial charge is 0.343 e. The summed E-state index contributed by atoms with van der Waals surface area (Å²) in [5.74, 6) is 0.769. The molecule has 3 heterocycles. The van der Waals surface area contributed by atoms with Crippen LogP contribution < -0.4 is 0 Å². The molecule has 0 aliphatic carbocycles. The molecule has 0 unspecified atom stereocenters. The third-order valence-corrected chi connectivity index (χ3v) is 4.04. The summed E-state index contributed by atoms with van der Waals surface area (Å²) >= 11 is 0. The van der Waals surface area contributed by atoms with E-state index < -0.39 is 0 Å². The van der Waals surface area contributed by atoms with Gasteiger partial charge in [0, 0.05) is 32.4 Å². The molecule has 6 nitrogen and oxygen atoms in total. The maximum atomic E-state index is 11.3. The minimum atomic E-state index is 0.178. The first kappa shape index (κ1) is 13.7. The topological polar surface area (TPSA) is 74.8 Å². The Morgan fingerprint density at radius 3 is 2.71 bits per heavy atom. The number of carbonyl (C=O) groups is 1. The third kappa shape index (κ3) is 3.26. The second kappa shape index (κ2) is 6.03. The van der Waals surface area contributed by atoms with Crippen LogP contribution in [0.25, 0.3) is 11.4 Å². The van der Waals surface area contributed by atoms with Gasteiger partial charge in [0.25, 0.3) is 0 Å². The van der Waals surface area contributed by atoms with Gasteiger partial charge in [0.2, 0.25) is 5.91 Å². The Labute approximate surface area is 123 Å². The van der Waals surface area contributed by atoms with Gasteiger partial charge in [-0.15, -0.1) is 0 Å². The number of hydrogen-bond donors (Lipinski definition) is 1. The fourth-order valence-electron chi connectivity index (χ4n) is 2.75. The third-order valence-electron chi connectivity index (χ3n) is 4.04. The van der Waals surface area contributed by atoms with E-state index >= 15 is 0 Å². The van der Waals surface area contributed by atoms with Gasteiger partial charge < -0.3 is 4.90 Å². The maximum absolute atomic E-state index is 11.3. The second-order valence-corrected chi connectivity index (χ2v) is 5.52. The highest BCUT2D eigenvalue weighted by atomic mass is 16.2. The minimum Gasteiger partial charge on any atom is -0.343 e. The molecule has 0 spiro atoms. The Hall–Kier alpha value is -2.24. The molecule has 0 atom stereocenters. The Bertz CT molecular complexity index is 585. The number of aromatic nitrogens is 4. The van der Waals surface area contributed by atoms with E-state index in [1.165, 1.54) is 0 Å². The molecular formula is C15H19N5O. The number of amides is 1. The monoisotopic (exact) mass is 285 g/mol. The summed E-state index contributed by atoms with van der Waals surface area (Å²) in [4.78, 5) is 22.2. The molecule has 0 saturated carbocycles. The lowest BCUT2D eigenvalue weighted by molar-refractivity contribution is -0.130. The first-order valence-electron chi connectivity index (χ1n) is 7.28. The molecule has 1 saturated heterocycles. The number of nitrogens with zero attached hydrogens (tertiary/aromatic N) is 4. The van der Waals surface area contributed by atoms with Crippen molar-refractivity contribution in [3.05, 3.63) is 30.4 Å². The molecule has 2 aromatic heterocycles. The van der Waals surface area contributed by atoms with Crippen LogP contribution in [0, 0.1) is 5.92 Å². The van der Waals surface area contributed by atoms with Crippen LogP contribution >= 0.6 is 0 Å². The molecule has 1 N–H and O–H groups in total. The highest BCUT2D eigenvalue weighted by molar-refractivity contribution is 5.73. The van der Waals surface area contributed by atoms with Crippen molar-refractivity contribution in [3.63, 3.8) is 0 Å². The number of hydrogen-bond acceptors (Lipinski definition) is 4. The van der Waals surface area contributed by atoms with Crippen molar-refractivity contribution in [2.45, 2.75) is 26.2 Å². The summed E-state index contributed by atoms with van der Waals surface area (Å²) in [5, 5.41) is 6.79. The van der Waals surface area contributed by atoms with Crippen molar-refractivity contribution in [2.75, 3.05) is 13.1 Å². The summed E-state index contributed by atoms with van der Waals surface area (Å²) in [6.07, 6.45) is 8.35. The number of carbonyl (C=O) groups excluding carboxylic acids is 1. The van der Waals surface area contributed by atoms with Crippen molar-refractivity contribution < 1.29 is 4.79 Å². The summed E-state index contributed by atoms with van der Waals surface area (Å²) in [7, 11) is 0. The lowest BCUT2D eigenvalue weighted by Crippen LogP contribution is -2.37. The number of aromatic amines is 1. The Morgan fingerprint density at radius 2 is 2.14 bits per heavy atom. The molecule has 0 bridgehead atoms. The molecule has 1 fully saturated rings. The van der Waals surface area contributed by atoms with E-state index in [4.69, 9.17) is 0 Å². The van der Waals surface area contributed by atoms with Crippen molar-refractivity contribution in [1.82, 2.24) is 25.1 Å². The van der Waals surface area contributed by atoms with Crippen molar-refractivity contribution in [3.8, 4) is 11.4 Å². The van der Waals surface area contributed by atoms with Gasteiger partial charge in [-0.25, -0.2) is 0 Å². The van der Waals surface area contributed by atoms with Crippen LogP contribution in [0.1, 0.15) is 25.5 Å². The van der Waals surface area contributed by atoms with E-state index in [0.29, 0.717) is 5.92 Å². The molecule has 2 aromatic rings. The summed E-state index contributed by atoms with van der Waals surface area (Å²) < 4.78 is 0. The second-order valence-electron chi connectivity index (χ2n) is 5.52. The molecule has 1 aliphatic rings. The zero-order valence-corrected chi connectivity index (χ0v) is 12.1. The van der Waals surface area contributed by atoms with Gasteiger partial charge in [0.15, 0.2) is 0 Å². The van der Waals surface area contributed by atoms with Crippen LogP contribution in [0.15, 0.2) is 24.7 Å². The molecular weight excluding hydrogens is 266 g/mol. The number of H-pyrrole nitrogens is 1. The van der Waals surface area contributed by atoms with Gasteiger partial charge in [-0.3, -0.25) is 19.9 Å². The van der Waals surface area contributed by atoms with Gasteiger partial charge in [0.05, 0.1) is 17.6 Å². The molecule has 6 heteroatoms. The van der Waals surface area contributed by atoms with E-state index in [1.54, 1.807) is 19.3 Å². The number of nitrogens with one attached hydrogen (secondary N) is 1. The van der Waals surface area contributed by atoms with E-state index in [1.807, 2.05) is 17.2 Å². The summed E-state index contributed by atoms with van der Waals surface area (Å²) in [6.45, 7) is 3.36. The minimum absolute atomic E-state index is 0.178. The number of piperidine rings is 1. The van der Waals surface area contributed by atoms with Crippen LogP contribution in [0.5, 0.6) is 0 Å². The normalized spacial score (nSPS) is 16.1. The van der Waals surface area contributed by atoms with Gasteiger partial charge in [-0.1, -0.05) is 0 Å². The lowest BCUT2D eigenvalue weighted by Gasteiger charge is -2.31. The van der Waals surface area contributed by atoms with Crippen molar-refractivity contribution in [1.29, 1.82) is 0 Å². The molecule has 0 aromatic carbocycles. The van der Waals surface area contributed by atoms with E-state index in [-0.39, 0.29) is 5.91 Å². The molecule has 21 heavy (non-hydrogen) atoms. The zero-order chi connectivity index (χ0) is 14.7.